The molecule has 12 nitrogen and oxygen atoms in total. The Morgan fingerprint density at radius 3 is 1.51 bits per heavy atom. The summed E-state index contributed by atoms with van der Waals surface area (Å²) in [6.45, 7) is 5.02. The number of hydrogen-bond donors (Lipinski definition) is 4. The van der Waals surface area contributed by atoms with Gasteiger partial charge in [-0.25, -0.2) is 0 Å². The molecule has 4 aromatic heterocycles. The number of anilines is 2. The van der Waals surface area contributed by atoms with Crippen LogP contribution in [0, 0.1) is 0 Å². The van der Waals surface area contributed by atoms with Gasteiger partial charge in [-0.1, -0.05) is 48.7 Å². The van der Waals surface area contributed by atoms with Crippen LogP contribution in [0.4, 0.5) is 10.3 Å². The van der Waals surface area contributed by atoms with E-state index in [4.69, 9.17) is 11.5 Å². The first-order chi connectivity index (χ1) is 19.9. The quantitative estimate of drug-likeness (QED) is 0.168. The van der Waals surface area contributed by atoms with Crippen LogP contribution in [-0.2, 0) is 35.5 Å². The molecule has 4 aromatic rings. The van der Waals surface area contributed by atoms with Gasteiger partial charge in [0.15, 0.2) is 0 Å². The summed E-state index contributed by atoms with van der Waals surface area (Å²) in [5.41, 5.74) is 14.4. The molecular formula is C27H34N10O2S2. The van der Waals surface area contributed by atoms with Crippen LogP contribution in [0.3, 0.4) is 0 Å². The molecular weight excluding hydrogens is 560 g/mol. The second-order valence-corrected chi connectivity index (χ2v) is 11.5. The predicted molar refractivity (Wildman–Crippen MR) is 159 cm³/mol. The van der Waals surface area contributed by atoms with Crippen molar-refractivity contribution in [1.29, 1.82) is 0 Å². The maximum absolute atomic E-state index is 12.5. The van der Waals surface area contributed by atoms with Gasteiger partial charge in [0.05, 0.1) is 12.8 Å². The number of carbonyl (C=O) groups is 2. The number of nitrogens with two attached hydrogens (primary N) is 2. The van der Waals surface area contributed by atoms with E-state index in [2.05, 4.69) is 54.8 Å². The summed E-state index contributed by atoms with van der Waals surface area (Å²) in [7, 11) is 0. The lowest BCUT2D eigenvalue weighted by molar-refractivity contribution is -0.116. The lowest BCUT2D eigenvalue weighted by Gasteiger charge is -2.17. The fourth-order valence-corrected chi connectivity index (χ4v) is 6.06. The predicted octanol–water partition coefficient (Wildman–Crippen LogP) is 3.54. The molecule has 6 N–H and O–H groups in total. The molecule has 0 saturated heterocycles. The summed E-state index contributed by atoms with van der Waals surface area (Å²) in [5.74, 6) is -0.130. The molecule has 0 aliphatic rings. The lowest BCUT2D eigenvalue weighted by Crippen LogP contribution is -2.15. The van der Waals surface area contributed by atoms with Crippen molar-refractivity contribution < 1.29 is 9.59 Å². The van der Waals surface area contributed by atoms with E-state index in [0.717, 1.165) is 40.4 Å². The number of pyridine rings is 2. The van der Waals surface area contributed by atoms with Crippen molar-refractivity contribution in [3.05, 3.63) is 69.2 Å². The van der Waals surface area contributed by atoms with Crippen LogP contribution in [0.25, 0.3) is 0 Å². The molecule has 2 amide bonds. The minimum Gasteiger partial charge on any atom is -0.326 e. The lowest BCUT2D eigenvalue weighted by atomic mass is 9.91. The SMILES string of the molecule is CC[C@@H](C[C@H](CC)c1nnc(NC(=O)Cc2ccc(CN)cn2)s1)c1nnc(NC(=O)Cc2ccc(CN)cn2)s1. The maximum Gasteiger partial charge on any atom is 0.232 e. The van der Waals surface area contributed by atoms with E-state index in [1.54, 1.807) is 24.5 Å². The molecule has 0 aliphatic heterocycles. The van der Waals surface area contributed by atoms with Gasteiger partial charge in [0.1, 0.15) is 10.0 Å². The Morgan fingerprint density at radius 1 is 0.732 bits per heavy atom. The van der Waals surface area contributed by atoms with Gasteiger partial charge in [0.2, 0.25) is 22.1 Å². The zero-order valence-corrected chi connectivity index (χ0v) is 24.7. The van der Waals surface area contributed by atoms with Gasteiger partial charge in [-0.05, 0) is 42.5 Å². The standard InChI is InChI=1S/C27H34N10O2S2/c1-3-18(24-34-36-26(40-24)32-22(38)10-20-7-5-16(12-28)14-30-20)9-19(4-2)25-35-37-27(41-25)33-23(39)11-21-8-6-17(13-29)15-31-21/h5-8,14-15,18-19H,3-4,9-13,28-29H2,1-2H3,(H,32,36,38)(H,33,37,39)/t18-,19-/m0/s1. The van der Waals surface area contributed by atoms with Gasteiger partial charge < -0.3 is 22.1 Å². The minimum atomic E-state index is -0.202. The summed E-state index contributed by atoms with van der Waals surface area (Å²) in [5, 5.41) is 25.4. The van der Waals surface area contributed by atoms with Crippen molar-refractivity contribution in [3.63, 3.8) is 0 Å². The molecule has 0 saturated carbocycles. The number of rotatable bonds is 14. The number of hydrogen-bond acceptors (Lipinski definition) is 12. The highest BCUT2D eigenvalue weighted by molar-refractivity contribution is 7.15. The van der Waals surface area contributed by atoms with Crippen molar-refractivity contribution >= 4 is 44.8 Å². The minimum absolute atomic E-state index is 0.137. The zero-order chi connectivity index (χ0) is 29.2. The third kappa shape index (κ3) is 8.63. The van der Waals surface area contributed by atoms with E-state index in [1.807, 2.05) is 12.1 Å². The normalized spacial score (nSPS) is 12.6. The summed E-state index contributed by atoms with van der Waals surface area (Å²) in [6.07, 6.45) is 6.15. The third-order valence-corrected chi connectivity index (χ3v) is 8.56. The monoisotopic (exact) mass is 594 g/mol. The molecule has 2 atom stereocenters. The van der Waals surface area contributed by atoms with Crippen molar-refractivity contribution in [2.75, 3.05) is 10.6 Å². The van der Waals surface area contributed by atoms with E-state index < -0.39 is 0 Å². The molecule has 4 heterocycles. The van der Waals surface area contributed by atoms with E-state index in [1.165, 1.54) is 22.7 Å². The number of carbonyl (C=O) groups excluding carboxylic acids is 2. The highest BCUT2D eigenvalue weighted by Crippen LogP contribution is 2.37. The Hall–Kier alpha value is -3.72. The van der Waals surface area contributed by atoms with Gasteiger partial charge >= 0.3 is 0 Å². The van der Waals surface area contributed by atoms with Gasteiger partial charge in [-0.15, -0.1) is 20.4 Å². The molecule has 216 valence electrons. The fraction of sp³-hybridized carbons (Fsp3) is 0.407. The Kier molecular flexibility index (Phi) is 10.9. The Bertz CT molecular complexity index is 1310. The summed E-state index contributed by atoms with van der Waals surface area (Å²) in [6, 6.07) is 7.33. The largest absolute Gasteiger partial charge is 0.326 e. The summed E-state index contributed by atoms with van der Waals surface area (Å²) in [4.78, 5) is 33.6. The van der Waals surface area contributed by atoms with Crippen molar-refractivity contribution in [1.82, 2.24) is 30.4 Å². The van der Waals surface area contributed by atoms with Gasteiger partial charge in [-0.2, -0.15) is 0 Å². The van der Waals surface area contributed by atoms with E-state index >= 15 is 0 Å². The Morgan fingerprint density at radius 2 is 1.17 bits per heavy atom. The second kappa shape index (κ2) is 14.8. The van der Waals surface area contributed by atoms with Crippen LogP contribution in [0.1, 0.15) is 77.5 Å². The molecule has 0 unspecified atom stereocenters. The van der Waals surface area contributed by atoms with Crippen LogP contribution >= 0.6 is 22.7 Å². The van der Waals surface area contributed by atoms with Crippen LogP contribution in [0.2, 0.25) is 0 Å². The molecule has 0 fully saturated rings. The molecule has 0 spiro atoms. The number of aromatic nitrogens is 6. The smallest absolute Gasteiger partial charge is 0.232 e. The summed E-state index contributed by atoms with van der Waals surface area (Å²) < 4.78 is 0. The molecule has 0 radical (unpaired) electrons. The number of nitrogens with one attached hydrogen (secondary N) is 2. The molecule has 4 rings (SSSR count). The topological polar surface area (TPSA) is 188 Å². The zero-order valence-electron chi connectivity index (χ0n) is 23.0. The van der Waals surface area contributed by atoms with Crippen LogP contribution in [0.5, 0.6) is 0 Å². The highest BCUT2D eigenvalue weighted by atomic mass is 32.1. The first kappa shape index (κ1) is 30.2. The van der Waals surface area contributed by atoms with E-state index in [-0.39, 0.29) is 36.5 Å². The fourth-order valence-electron chi connectivity index (χ4n) is 4.14. The van der Waals surface area contributed by atoms with Crippen molar-refractivity contribution in [2.45, 2.75) is 70.9 Å². The first-order valence-electron chi connectivity index (χ1n) is 13.4. The van der Waals surface area contributed by atoms with Gasteiger partial charge in [0, 0.05) is 48.7 Å². The average molecular weight is 595 g/mol. The van der Waals surface area contributed by atoms with Crippen molar-refractivity contribution in [2.24, 2.45) is 11.5 Å². The maximum atomic E-state index is 12.5. The molecule has 41 heavy (non-hydrogen) atoms. The molecule has 0 aromatic carbocycles. The van der Waals surface area contributed by atoms with E-state index in [9.17, 15) is 9.59 Å². The van der Waals surface area contributed by atoms with Crippen LogP contribution in [0.15, 0.2) is 36.7 Å². The number of nitrogens with zero attached hydrogens (tertiary/aromatic N) is 6. The van der Waals surface area contributed by atoms with Crippen LogP contribution in [-0.4, -0.2) is 42.2 Å². The highest BCUT2D eigenvalue weighted by Gasteiger charge is 2.24. The Balaban J connectivity index is 1.32. The van der Waals surface area contributed by atoms with Gasteiger partial charge in [-0.3, -0.25) is 19.6 Å². The van der Waals surface area contributed by atoms with Gasteiger partial charge in [0.25, 0.3) is 0 Å². The molecule has 0 bridgehead atoms. The van der Waals surface area contributed by atoms with Crippen molar-refractivity contribution in [3.8, 4) is 0 Å². The number of amides is 2. The average Bonchev–Trinajstić information content (AvgIpc) is 3.64. The summed E-state index contributed by atoms with van der Waals surface area (Å²) >= 11 is 2.76. The van der Waals surface area contributed by atoms with Crippen LogP contribution < -0.4 is 22.1 Å². The molecule has 14 heteroatoms. The molecule has 0 aliphatic carbocycles. The Labute approximate surface area is 246 Å². The first-order valence-corrected chi connectivity index (χ1v) is 15.1. The van der Waals surface area contributed by atoms with E-state index in [0.29, 0.717) is 34.7 Å². The second-order valence-electron chi connectivity index (χ2n) is 9.51. The third-order valence-electron chi connectivity index (χ3n) is 6.55.